The summed E-state index contributed by atoms with van der Waals surface area (Å²) in [5, 5.41) is 1.99. The van der Waals surface area contributed by atoms with E-state index in [0.717, 1.165) is 41.4 Å². The monoisotopic (exact) mass is 353 g/mol. The number of fused-ring (bicyclic) bond motifs is 1. The number of thiophene rings is 1. The van der Waals surface area contributed by atoms with Gasteiger partial charge >= 0.3 is 0 Å². The Kier molecular flexibility index (Phi) is 4.38. The van der Waals surface area contributed by atoms with E-state index in [0.29, 0.717) is 12.4 Å². The lowest BCUT2D eigenvalue weighted by atomic mass is 10.1. The van der Waals surface area contributed by atoms with E-state index >= 15 is 0 Å². The Morgan fingerprint density at radius 1 is 1.28 bits per heavy atom. The summed E-state index contributed by atoms with van der Waals surface area (Å²) in [7, 11) is 1.67. The molecule has 2 aromatic heterocycles. The Hall–Kier alpha value is -2.44. The number of hydrogen-bond donors (Lipinski definition) is 1. The van der Waals surface area contributed by atoms with E-state index in [1.165, 1.54) is 5.56 Å². The molecule has 4 rings (SSSR count). The molecule has 1 aliphatic rings. The minimum Gasteiger partial charge on any atom is -0.497 e. The van der Waals surface area contributed by atoms with Crippen molar-refractivity contribution in [3.05, 3.63) is 69.0 Å². The molecular formula is C19H19N3O2S. The number of rotatable bonds is 4. The van der Waals surface area contributed by atoms with E-state index in [2.05, 4.69) is 22.0 Å². The number of ether oxygens (including phenoxy) is 1. The molecule has 0 radical (unpaired) electrons. The lowest BCUT2D eigenvalue weighted by molar-refractivity contribution is 0.242. The molecule has 0 saturated carbocycles. The number of aromatic amines is 1. The first-order valence-corrected chi connectivity index (χ1v) is 9.12. The Morgan fingerprint density at radius 2 is 2.12 bits per heavy atom. The van der Waals surface area contributed by atoms with Gasteiger partial charge in [-0.15, -0.1) is 11.3 Å². The van der Waals surface area contributed by atoms with Crippen LogP contribution in [0.4, 0.5) is 0 Å². The normalized spacial score (nSPS) is 14.3. The maximum atomic E-state index is 12.5. The minimum atomic E-state index is -0.0205. The van der Waals surface area contributed by atoms with Crippen molar-refractivity contribution in [1.29, 1.82) is 0 Å². The number of H-pyrrole nitrogens is 1. The van der Waals surface area contributed by atoms with Crippen molar-refractivity contribution in [3.63, 3.8) is 0 Å². The number of aromatic nitrogens is 2. The van der Waals surface area contributed by atoms with Gasteiger partial charge in [0.25, 0.3) is 5.56 Å². The summed E-state index contributed by atoms with van der Waals surface area (Å²) in [5.74, 6) is 1.54. The summed E-state index contributed by atoms with van der Waals surface area (Å²) in [4.78, 5) is 23.4. The summed E-state index contributed by atoms with van der Waals surface area (Å²) in [6, 6.07) is 12.0. The zero-order chi connectivity index (χ0) is 17.2. The van der Waals surface area contributed by atoms with Gasteiger partial charge in [-0.25, -0.2) is 4.98 Å². The standard InChI is InChI=1S/C19H19N3O2S/c1-24-14-6-4-13(5-7-14)11-22-9-8-16-15(12-22)19(23)21-18(20-16)17-3-2-10-25-17/h2-7,10H,8-9,11-12H2,1H3,(H,20,21,23). The van der Waals surface area contributed by atoms with Crippen molar-refractivity contribution in [3.8, 4) is 16.5 Å². The van der Waals surface area contributed by atoms with Gasteiger partial charge in [-0.2, -0.15) is 0 Å². The topological polar surface area (TPSA) is 58.2 Å². The molecule has 0 saturated heterocycles. The predicted molar refractivity (Wildman–Crippen MR) is 99.0 cm³/mol. The number of methoxy groups -OCH3 is 1. The van der Waals surface area contributed by atoms with Crippen LogP contribution in [0.3, 0.4) is 0 Å². The molecule has 0 spiro atoms. The van der Waals surface area contributed by atoms with Gasteiger partial charge in [0.2, 0.25) is 0 Å². The zero-order valence-corrected chi connectivity index (χ0v) is 14.8. The molecule has 1 aromatic carbocycles. The van der Waals surface area contributed by atoms with Crippen LogP contribution < -0.4 is 10.3 Å². The van der Waals surface area contributed by atoms with Gasteiger partial charge in [-0.1, -0.05) is 18.2 Å². The maximum Gasteiger partial charge on any atom is 0.255 e. The fourth-order valence-electron chi connectivity index (χ4n) is 3.14. The highest BCUT2D eigenvalue weighted by atomic mass is 32.1. The van der Waals surface area contributed by atoms with Gasteiger partial charge in [0.05, 0.1) is 23.2 Å². The largest absolute Gasteiger partial charge is 0.497 e. The molecule has 0 unspecified atom stereocenters. The summed E-state index contributed by atoms with van der Waals surface area (Å²) in [5.41, 5.74) is 2.91. The van der Waals surface area contributed by atoms with Crippen molar-refractivity contribution < 1.29 is 4.74 Å². The third-order valence-corrected chi connectivity index (χ3v) is 5.34. The number of nitrogens with one attached hydrogen (secondary N) is 1. The van der Waals surface area contributed by atoms with Crippen molar-refractivity contribution in [2.24, 2.45) is 0 Å². The van der Waals surface area contributed by atoms with E-state index in [-0.39, 0.29) is 5.56 Å². The van der Waals surface area contributed by atoms with Crippen LogP contribution in [-0.2, 0) is 19.5 Å². The van der Waals surface area contributed by atoms with Crippen LogP contribution in [0.5, 0.6) is 5.75 Å². The molecule has 5 nitrogen and oxygen atoms in total. The average Bonchev–Trinajstić information content (AvgIpc) is 3.17. The smallest absolute Gasteiger partial charge is 0.255 e. The highest BCUT2D eigenvalue weighted by molar-refractivity contribution is 7.13. The van der Waals surface area contributed by atoms with Crippen LogP contribution in [0.25, 0.3) is 10.7 Å². The number of nitrogens with zero attached hydrogens (tertiary/aromatic N) is 2. The zero-order valence-electron chi connectivity index (χ0n) is 14.0. The second-order valence-electron chi connectivity index (χ2n) is 6.13. The Balaban J connectivity index is 1.54. The molecule has 0 bridgehead atoms. The van der Waals surface area contributed by atoms with Gasteiger partial charge < -0.3 is 9.72 Å². The number of benzene rings is 1. The van der Waals surface area contributed by atoms with Crippen LogP contribution in [0.1, 0.15) is 16.8 Å². The van der Waals surface area contributed by atoms with Crippen LogP contribution in [0.2, 0.25) is 0 Å². The Labute approximate surface area is 149 Å². The molecule has 128 valence electrons. The molecule has 3 aromatic rings. The lowest BCUT2D eigenvalue weighted by Gasteiger charge is -2.27. The van der Waals surface area contributed by atoms with Crippen molar-refractivity contribution in [2.45, 2.75) is 19.5 Å². The molecule has 0 aliphatic carbocycles. The second-order valence-corrected chi connectivity index (χ2v) is 7.07. The molecule has 6 heteroatoms. The van der Waals surface area contributed by atoms with Gasteiger partial charge in [-0.3, -0.25) is 9.69 Å². The second kappa shape index (κ2) is 6.82. The molecule has 0 amide bonds. The lowest BCUT2D eigenvalue weighted by Crippen LogP contribution is -2.35. The van der Waals surface area contributed by atoms with Crippen LogP contribution in [-0.4, -0.2) is 28.5 Å². The first-order chi connectivity index (χ1) is 12.2. The van der Waals surface area contributed by atoms with E-state index in [1.807, 2.05) is 29.6 Å². The van der Waals surface area contributed by atoms with E-state index in [1.54, 1.807) is 18.4 Å². The first-order valence-electron chi connectivity index (χ1n) is 8.24. The predicted octanol–water partition coefficient (Wildman–Crippen LogP) is 3.07. The van der Waals surface area contributed by atoms with E-state index in [4.69, 9.17) is 9.72 Å². The molecule has 25 heavy (non-hydrogen) atoms. The third-order valence-electron chi connectivity index (χ3n) is 4.47. The van der Waals surface area contributed by atoms with E-state index < -0.39 is 0 Å². The van der Waals surface area contributed by atoms with Gasteiger partial charge in [0, 0.05) is 26.1 Å². The van der Waals surface area contributed by atoms with Gasteiger partial charge in [-0.05, 0) is 29.1 Å². The first kappa shape index (κ1) is 16.1. The van der Waals surface area contributed by atoms with Gasteiger partial charge in [0.15, 0.2) is 5.82 Å². The minimum absolute atomic E-state index is 0.0205. The van der Waals surface area contributed by atoms with Crippen molar-refractivity contribution in [2.75, 3.05) is 13.7 Å². The Bertz CT molecular complexity index is 917. The van der Waals surface area contributed by atoms with E-state index in [9.17, 15) is 4.79 Å². The molecule has 0 atom stereocenters. The molecular weight excluding hydrogens is 334 g/mol. The summed E-state index contributed by atoms with van der Waals surface area (Å²) in [6.07, 6.45) is 0.799. The molecule has 1 N–H and O–H groups in total. The molecule has 0 fully saturated rings. The third kappa shape index (κ3) is 3.36. The average molecular weight is 353 g/mol. The molecule has 3 heterocycles. The highest BCUT2D eigenvalue weighted by Crippen LogP contribution is 2.23. The number of hydrogen-bond acceptors (Lipinski definition) is 5. The summed E-state index contributed by atoms with van der Waals surface area (Å²) < 4.78 is 5.20. The fraction of sp³-hybridized carbons (Fsp3) is 0.263. The SMILES string of the molecule is COc1ccc(CN2CCc3nc(-c4cccs4)[nH]c(=O)c3C2)cc1. The van der Waals surface area contributed by atoms with Crippen LogP contribution in [0.15, 0.2) is 46.6 Å². The van der Waals surface area contributed by atoms with Crippen LogP contribution in [0, 0.1) is 0 Å². The van der Waals surface area contributed by atoms with Crippen molar-refractivity contribution in [1.82, 2.24) is 14.9 Å². The maximum absolute atomic E-state index is 12.5. The Morgan fingerprint density at radius 3 is 2.84 bits per heavy atom. The van der Waals surface area contributed by atoms with Crippen LogP contribution >= 0.6 is 11.3 Å². The summed E-state index contributed by atoms with van der Waals surface area (Å²) >= 11 is 1.59. The molecule has 1 aliphatic heterocycles. The highest BCUT2D eigenvalue weighted by Gasteiger charge is 2.21. The van der Waals surface area contributed by atoms with Gasteiger partial charge in [0.1, 0.15) is 5.75 Å². The summed E-state index contributed by atoms with van der Waals surface area (Å²) in [6.45, 7) is 2.35. The fourth-order valence-corrected chi connectivity index (χ4v) is 3.80. The quantitative estimate of drug-likeness (QED) is 0.783. The van der Waals surface area contributed by atoms with Crippen molar-refractivity contribution >= 4 is 11.3 Å².